The molecule has 0 radical (unpaired) electrons. The van der Waals surface area contributed by atoms with E-state index in [1.807, 2.05) is 19.1 Å². The molecule has 2 heterocycles. The largest absolute Gasteiger partial charge is 0.478 e. The van der Waals surface area contributed by atoms with E-state index in [4.69, 9.17) is 4.74 Å². The molecule has 1 unspecified atom stereocenters. The summed E-state index contributed by atoms with van der Waals surface area (Å²) in [6.45, 7) is 7.41. The maximum absolute atomic E-state index is 5.46. The second-order valence-corrected chi connectivity index (χ2v) is 6.77. The number of pyridine rings is 1. The second kappa shape index (κ2) is 9.26. The van der Waals surface area contributed by atoms with Gasteiger partial charge in [0, 0.05) is 50.7 Å². The van der Waals surface area contributed by atoms with E-state index in [1.54, 1.807) is 13.2 Å². The highest BCUT2D eigenvalue weighted by atomic mass is 16.5. The molecule has 0 aliphatic carbocycles. The molecule has 0 bridgehead atoms. The first kappa shape index (κ1) is 19.0. The Morgan fingerprint density at radius 3 is 2.85 bits per heavy atom. The molecule has 1 aliphatic rings. The summed E-state index contributed by atoms with van der Waals surface area (Å²) in [5.74, 6) is 1.48. The zero-order chi connectivity index (χ0) is 19.1. The fraction of sp³-hybridized carbons (Fsp3) is 0.429. The van der Waals surface area contributed by atoms with Crippen molar-refractivity contribution in [2.75, 3.05) is 31.6 Å². The number of benzene rings is 1. The van der Waals surface area contributed by atoms with Gasteiger partial charge in [-0.1, -0.05) is 17.7 Å². The third-order valence-electron chi connectivity index (χ3n) is 4.70. The molecule has 1 aromatic carbocycles. The fourth-order valence-electron chi connectivity index (χ4n) is 3.23. The summed E-state index contributed by atoms with van der Waals surface area (Å²) in [4.78, 5) is 11.0. The number of aryl methyl sites for hydroxylation is 1. The van der Waals surface area contributed by atoms with Crippen LogP contribution in [0.5, 0.6) is 5.88 Å². The summed E-state index contributed by atoms with van der Waals surface area (Å²) in [7, 11) is 1.81. The van der Waals surface area contributed by atoms with Crippen molar-refractivity contribution in [1.29, 1.82) is 0 Å². The Bertz CT molecular complexity index is 759. The highest BCUT2D eigenvalue weighted by Gasteiger charge is 2.23. The lowest BCUT2D eigenvalue weighted by atomic mass is 10.2. The van der Waals surface area contributed by atoms with Crippen molar-refractivity contribution in [2.24, 2.45) is 4.99 Å². The summed E-state index contributed by atoms with van der Waals surface area (Å²) in [5, 5.41) is 6.92. The zero-order valence-corrected chi connectivity index (χ0v) is 16.4. The minimum absolute atomic E-state index is 0.383. The van der Waals surface area contributed by atoms with Crippen LogP contribution in [-0.4, -0.2) is 43.7 Å². The predicted octanol–water partition coefficient (Wildman–Crippen LogP) is 2.73. The molecule has 6 heteroatoms. The molecule has 2 aromatic rings. The van der Waals surface area contributed by atoms with Gasteiger partial charge in [-0.2, -0.15) is 0 Å². The van der Waals surface area contributed by atoms with Crippen LogP contribution in [0.3, 0.4) is 0 Å². The van der Waals surface area contributed by atoms with Gasteiger partial charge in [0.1, 0.15) is 0 Å². The molecule has 1 saturated heterocycles. The summed E-state index contributed by atoms with van der Waals surface area (Å²) < 4.78 is 5.46. The smallest absolute Gasteiger partial charge is 0.213 e. The van der Waals surface area contributed by atoms with E-state index in [-0.39, 0.29) is 0 Å². The van der Waals surface area contributed by atoms with E-state index < -0.39 is 0 Å². The van der Waals surface area contributed by atoms with Crippen molar-refractivity contribution in [3.63, 3.8) is 0 Å². The molecule has 0 saturated carbocycles. The number of aromatic nitrogens is 1. The molecule has 1 fully saturated rings. The maximum Gasteiger partial charge on any atom is 0.213 e. The lowest BCUT2D eigenvalue weighted by Gasteiger charge is -2.20. The van der Waals surface area contributed by atoms with Gasteiger partial charge in [-0.05, 0) is 44.0 Å². The average molecular weight is 367 g/mol. The molecule has 2 N–H and O–H groups in total. The van der Waals surface area contributed by atoms with Crippen LogP contribution in [0.2, 0.25) is 0 Å². The highest BCUT2D eigenvalue weighted by molar-refractivity contribution is 5.80. The molecule has 6 nitrogen and oxygen atoms in total. The lowest BCUT2D eigenvalue weighted by molar-refractivity contribution is 0.326. The van der Waals surface area contributed by atoms with Crippen LogP contribution in [0, 0.1) is 6.92 Å². The summed E-state index contributed by atoms with van der Waals surface area (Å²) in [6, 6.07) is 13.1. The molecule has 1 atom stereocenters. The number of aliphatic imine (C=N–C) groups is 1. The topological polar surface area (TPSA) is 61.8 Å². The van der Waals surface area contributed by atoms with E-state index in [2.05, 4.69) is 56.7 Å². The minimum Gasteiger partial charge on any atom is -0.478 e. The second-order valence-electron chi connectivity index (χ2n) is 6.77. The predicted molar refractivity (Wildman–Crippen MR) is 111 cm³/mol. The SMILES string of the molecule is CCOc1cc(CNC(=NC)NC2CCN(c3ccc(C)cc3)C2)ccn1. The van der Waals surface area contributed by atoms with Crippen LogP contribution in [0.1, 0.15) is 24.5 Å². The van der Waals surface area contributed by atoms with E-state index >= 15 is 0 Å². The first-order valence-corrected chi connectivity index (χ1v) is 9.54. The number of anilines is 1. The van der Waals surface area contributed by atoms with Crippen LogP contribution < -0.4 is 20.3 Å². The van der Waals surface area contributed by atoms with Crippen LogP contribution in [0.25, 0.3) is 0 Å². The van der Waals surface area contributed by atoms with E-state index in [0.717, 1.165) is 31.0 Å². The molecular formula is C21H29N5O. The molecule has 3 rings (SSSR count). The van der Waals surface area contributed by atoms with E-state index in [1.165, 1.54) is 11.3 Å². The highest BCUT2D eigenvalue weighted by Crippen LogP contribution is 2.20. The van der Waals surface area contributed by atoms with Gasteiger partial charge in [-0.15, -0.1) is 0 Å². The zero-order valence-electron chi connectivity index (χ0n) is 16.4. The normalized spacial score (nSPS) is 17.1. The maximum atomic E-state index is 5.46. The average Bonchev–Trinajstić information content (AvgIpc) is 3.15. The lowest BCUT2D eigenvalue weighted by Crippen LogP contribution is -2.44. The van der Waals surface area contributed by atoms with Crippen molar-refractivity contribution in [1.82, 2.24) is 15.6 Å². The van der Waals surface area contributed by atoms with Gasteiger partial charge in [0.05, 0.1) is 6.61 Å². The van der Waals surface area contributed by atoms with Crippen molar-refractivity contribution < 1.29 is 4.74 Å². The van der Waals surface area contributed by atoms with E-state index in [9.17, 15) is 0 Å². The first-order chi connectivity index (χ1) is 13.2. The Morgan fingerprint density at radius 1 is 1.30 bits per heavy atom. The number of hydrogen-bond acceptors (Lipinski definition) is 4. The van der Waals surface area contributed by atoms with Crippen LogP contribution in [-0.2, 0) is 6.54 Å². The summed E-state index contributed by atoms with van der Waals surface area (Å²) in [6.07, 6.45) is 2.87. The van der Waals surface area contributed by atoms with Crippen molar-refractivity contribution >= 4 is 11.6 Å². The minimum atomic E-state index is 0.383. The van der Waals surface area contributed by atoms with Crippen LogP contribution >= 0.6 is 0 Å². The van der Waals surface area contributed by atoms with Gasteiger partial charge < -0.3 is 20.3 Å². The quantitative estimate of drug-likeness (QED) is 0.607. The third kappa shape index (κ3) is 5.36. The number of nitrogens with zero attached hydrogens (tertiary/aromatic N) is 3. The molecule has 0 spiro atoms. The molecule has 0 amide bonds. The van der Waals surface area contributed by atoms with Gasteiger partial charge >= 0.3 is 0 Å². The molecular weight excluding hydrogens is 338 g/mol. The van der Waals surface area contributed by atoms with Crippen molar-refractivity contribution in [3.05, 3.63) is 53.7 Å². The third-order valence-corrected chi connectivity index (χ3v) is 4.70. The molecule has 144 valence electrons. The Morgan fingerprint density at radius 2 is 2.11 bits per heavy atom. The Kier molecular flexibility index (Phi) is 6.52. The van der Waals surface area contributed by atoms with Crippen LogP contribution in [0.4, 0.5) is 5.69 Å². The molecule has 1 aliphatic heterocycles. The molecule has 1 aromatic heterocycles. The Hall–Kier alpha value is -2.76. The number of rotatable bonds is 6. The van der Waals surface area contributed by atoms with Gasteiger partial charge in [0.2, 0.25) is 5.88 Å². The number of ether oxygens (including phenoxy) is 1. The Balaban J connectivity index is 1.50. The van der Waals surface area contributed by atoms with E-state index in [0.29, 0.717) is 25.1 Å². The summed E-state index contributed by atoms with van der Waals surface area (Å²) in [5.41, 5.74) is 3.69. The van der Waals surface area contributed by atoms with Gasteiger partial charge in [-0.3, -0.25) is 4.99 Å². The van der Waals surface area contributed by atoms with Crippen LogP contribution in [0.15, 0.2) is 47.6 Å². The number of nitrogens with one attached hydrogen (secondary N) is 2. The number of guanidine groups is 1. The number of hydrogen-bond donors (Lipinski definition) is 2. The van der Waals surface area contributed by atoms with Gasteiger partial charge in [-0.25, -0.2) is 4.98 Å². The van der Waals surface area contributed by atoms with Gasteiger partial charge in [0.15, 0.2) is 5.96 Å². The van der Waals surface area contributed by atoms with Gasteiger partial charge in [0.25, 0.3) is 0 Å². The standard InChI is InChI=1S/C21H29N5O/c1-4-27-20-13-17(9-11-23-20)14-24-21(22-3)25-18-10-12-26(15-18)19-7-5-16(2)6-8-19/h5-9,11,13,18H,4,10,12,14-15H2,1-3H3,(H2,22,24,25). The monoisotopic (exact) mass is 367 g/mol. The molecule has 27 heavy (non-hydrogen) atoms. The Labute approximate surface area is 161 Å². The first-order valence-electron chi connectivity index (χ1n) is 9.54. The summed E-state index contributed by atoms with van der Waals surface area (Å²) >= 11 is 0. The fourth-order valence-corrected chi connectivity index (χ4v) is 3.23. The van der Waals surface area contributed by atoms with Crippen molar-refractivity contribution in [2.45, 2.75) is 32.9 Å². The van der Waals surface area contributed by atoms with Crippen molar-refractivity contribution in [3.8, 4) is 5.88 Å².